The van der Waals surface area contributed by atoms with E-state index in [0.717, 1.165) is 5.69 Å². The lowest BCUT2D eigenvalue weighted by Gasteiger charge is -2.12. The number of anilines is 1. The largest absolute Gasteiger partial charge is 0.459 e. The van der Waals surface area contributed by atoms with Crippen LogP contribution in [-0.2, 0) is 17.9 Å². The molecule has 11 heteroatoms. The van der Waals surface area contributed by atoms with Gasteiger partial charge in [-0.05, 0) is 26.0 Å². The van der Waals surface area contributed by atoms with Gasteiger partial charge in [0.2, 0.25) is 5.91 Å². The van der Waals surface area contributed by atoms with Gasteiger partial charge < -0.3 is 19.6 Å². The number of thioether (sulfide) groups is 1. The van der Waals surface area contributed by atoms with Gasteiger partial charge in [0.1, 0.15) is 0 Å². The number of aryl methyl sites for hydroxylation is 1. The second-order valence-electron chi connectivity index (χ2n) is 6.00. The number of hydrogen-bond acceptors (Lipinski definition) is 8. The van der Waals surface area contributed by atoms with E-state index < -0.39 is 5.25 Å². The third kappa shape index (κ3) is 5.33. The van der Waals surface area contributed by atoms with Crippen molar-refractivity contribution in [3.63, 3.8) is 0 Å². The minimum absolute atomic E-state index is 0.167. The van der Waals surface area contributed by atoms with E-state index in [-0.39, 0.29) is 24.1 Å². The summed E-state index contributed by atoms with van der Waals surface area (Å²) in [5, 5.41) is 16.4. The molecule has 2 amide bonds. The molecule has 0 saturated heterocycles. The number of nitrogens with one attached hydrogen (secondary N) is 2. The van der Waals surface area contributed by atoms with Crippen molar-refractivity contribution in [3.05, 3.63) is 53.7 Å². The molecule has 0 saturated carbocycles. The van der Waals surface area contributed by atoms with Gasteiger partial charge in [0.05, 0.1) is 23.8 Å². The van der Waals surface area contributed by atoms with Crippen LogP contribution in [0.5, 0.6) is 0 Å². The van der Waals surface area contributed by atoms with Gasteiger partial charge in [0.25, 0.3) is 5.91 Å². The van der Waals surface area contributed by atoms with Gasteiger partial charge in [-0.25, -0.2) is 4.98 Å². The first-order valence-electron chi connectivity index (χ1n) is 8.72. The van der Waals surface area contributed by atoms with E-state index in [1.165, 1.54) is 29.4 Å². The molecule has 0 bridgehead atoms. The van der Waals surface area contributed by atoms with E-state index in [0.29, 0.717) is 22.7 Å². The van der Waals surface area contributed by atoms with E-state index >= 15 is 0 Å². The van der Waals surface area contributed by atoms with Gasteiger partial charge in [-0.1, -0.05) is 17.8 Å². The molecule has 0 unspecified atom stereocenters. The van der Waals surface area contributed by atoms with E-state index in [2.05, 4.69) is 32.4 Å². The Morgan fingerprint density at radius 2 is 2.28 bits per heavy atom. The van der Waals surface area contributed by atoms with Crippen molar-refractivity contribution >= 4 is 40.0 Å². The maximum atomic E-state index is 12.4. The highest BCUT2D eigenvalue weighted by molar-refractivity contribution is 8.00. The van der Waals surface area contributed by atoms with Gasteiger partial charge in [-0.2, -0.15) is 0 Å². The summed E-state index contributed by atoms with van der Waals surface area (Å²) >= 11 is 2.65. The number of amides is 2. The average molecular weight is 433 g/mol. The number of aromatic nitrogens is 4. The molecule has 3 heterocycles. The zero-order chi connectivity index (χ0) is 20.8. The van der Waals surface area contributed by atoms with Crippen LogP contribution in [0.25, 0.3) is 0 Å². The van der Waals surface area contributed by atoms with Crippen LogP contribution in [0.1, 0.15) is 29.0 Å². The normalized spacial score (nSPS) is 11.8. The second-order valence-corrected chi connectivity index (χ2v) is 8.17. The first kappa shape index (κ1) is 20.8. The van der Waals surface area contributed by atoms with Crippen molar-refractivity contribution in [2.45, 2.75) is 37.3 Å². The zero-order valence-corrected chi connectivity index (χ0v) is 17.5. The van der Waals surface area contributed by atoms with Crippen LogP contribution in [0.4, 0.5) is 5.13 Å². The van der Waals surface area contributed by atoms with Gasteiger partial charge in [0, 0.05) is 11.9 Å². The highest BCUT2D eigenvalue weighted by Gasteiger charge is 2.21. The number of thiazole rings is 1. The molecule has 3 rings (SSSR count). The fraction of sp³-hybridized carbons (Fsp3) is 0.278. The van der Waals surface area contributed by atoms with Gasteiger partial charge in [0.15, 0.2) is 21.9 Å². The number of carbonyl (C=O) groups excluding carboxylic acids is 2. The maximum absolute atomic E-state index is 12.4. The first-order valence-corrected chi connectivity index (χ1v) is 10.5. The maximum Gasteiger partial charge on any atom is 0.287 e. The molecule has 0 aliphatic carbocycles. The average Bonchev–Trinajstić information content (AvgIpc) is 3.43. The van der Waals surface area contributed by atoms with Crippen molar-refractivity contribution in [1.82, 2.24) is 25.1 Å². The summed E-state index contributed by atoms with van der Waals surface area (Å²) in [6, 6.07) is 3.22. The molecule has 2 N–H and O–H groups in total. The summed E-state index contributed by atoms with van der Waals surface area (Å²) in [4.78, 5) is 28.7. The van der Waals surface area contributed by atoms with Gasteiger partial charge in [-0.15, -0.1) is 28.1 Å². The third-order valence-corrected chi connectivity index (χ3v) is 5.71. The summed E-state index contributed by atoms with van der Waals surface area (Å²) in [6.07, 6.45) is 3.14. The summed E-state index contributed by atoms with van der Waals surface area (Å²) in [5.41, 5.74) is 0.859. The Hall–Kier alpha value is -2.92. The lowest BCUT2D eigenvalue weighted by molar-refractivity contribution is -0.115. The van der Waals surface area contributed by atoms with E-state index in [9.17, 15) is 9.59 Å². The van der Waals surface area contributed by atoms with Crippen LogP contribution in [-0.4, -0.2) is 36.8 Å². The van der Waals surface area contributed by atoms with E-state index in [4.69, 9.17) is 4.42 Å². The number of hydrogen-bond donors (Lipinski definition) is 2. The lowest BCUT2D eigenvalue weighted by atomic mass is 10.4. The van der Waals surface area contributed by atoms with Crippen molar-refractivity contribution in [2.24, 2.45) is 0 Å². The van der Waals surface area contributed by atoms with Crippen molar-refractivity contribution in [3.8, 4) is 0 Å². The number of nitrogens with zero attached hydrogens (tertiary/aromatic N) is 4. The highest BCUT2D eigenvalue weighted by Crippen LogP contribution is 2.24. The van der Waals surface area contributed by atoms with E-state index in [1.54, 1.807) is 29.7 Å². The lowest BCUT2D eigenvalue weighted by Crippen LogP contribution is -2.25. The molecule has 3 aromatic heterocycles. The van der Waals surface area contributed by atoms with Crippen LogP contribution in [0.15, 0.2) is 46.0 Å². The van der Waals surface area contributed by atoms with Crippen LogP contribution in [0.2, 0.25) is 0 Å². The fourth-order valence-corrected chi connectivity index (χ4v) is 3.90. The Bertz CT molecular complexity index is 995. The monoisotopic (exact) mass is 432 g/mol. The highest BCUT2D eigenvalue weighted by atomic mass is 32.2. The van der Waals surface area contributed by atoms with Crippen molar-refractivity contribution < 1.29 is 14.0 Å². The van der Waals surface area contributed by atoms with Gasteiger partial charge in [-0.3, -0.25) is 9.59 Å². The SMILES string of the molecule is C=CCn1c(CNC(=O)c2ccco2)nnc1S[C@H](C)C(=O)Nc1nc(C)cs1. The minimum atomic E-state index is -0.419. The second kappa shape index (κ2) is 9.52. The van der Waals surface area contributed by atoms with Crippen LogP contribution in [0.3, 0.4) is 0 Å². The Morgan fingerprint density at radius 1 is 1.45 bits per heavy atom. The number of furan rings is 1. The first-order chi connectivity index (χ1) is 14.0. The number of rotatable bonds is 9. The Labute approximate surface area is 175 Å². The van der Waals surface area contributed by atoms with Crippen molar-refractivity contribution in [2.75, 3.05) is 5.32 Å². The molecular formula is C18H20N6O3S2. The van der Waals surface area contributed by atoms with Crippen LogP contribution < -0.4 is 10.6 Å². The summed E-state index contributed by atoms with van der Waals surface area (Å²) in [6.45, 7) is 8.02. The molecule has 0 fully saturated rings. The Balaban J connectivity index is 1.64. The molecule has 0 aliphatic rings. The zero-order valence-electron chi connectivity index (χ0n) is 15.9. The summed E-state index contributed by atoms with van der Waals surface area (Å²) in [7, 11) is 0. The standard InChI is InChI=1S/C18H20N6O3S2/c1-4-7-24-14(9-19-16(26)13-6-5-8-27-13)22-23-18(24)29-12(3)15(25)21-17-20-11(2)10-28-17/h4-6,8,10,12H,1,7,9H2,2-3H3,(H,19,26)(H,20,21,25)/t12-/m1/s1. The Morgan fingerprint density at radius 3 is 2.93 bits per heavy atom. The topological polar surface area (TPSA) is 115 Å². The predicted molar refractivity (Wildman–Crippen MR) is 111 cm³/mol. The molecule has 29 heavy (non-hydrogen) atoms. The molecule has 0 aliphatic heterocycles. The molecule has 0 radical (unpaired) electrons. The molecule has 9 nitrogen and oxygen atoms in total. The van der Waals surface area contributed by atoms with Crippen molar-refractivity contribution in [1.29, 1.82) is 0 Å². The smallest absolute Gasteiger partial charge is 0.287 e. The number of allylic oxidation sites excluding steroid dienone is 1. The molecular weight excluding hydrogens is 412 g/mol. The molecule has 3 aromatic rings. The molecule has 1 atom stereocenters. The van der Waals surface area contributed by atoms with E-state index in [1.807, 2.05) is 12.3 Å². The summed E-state index contributed by atoms with van der Waals surface area (Å²) in [5.74, 6) is 0.251. The molecule has 152 valence electrons. The fourth-order valence-electron chi connectivity index (χ4n) is 2.33. The quantitative estimate of drug-likeness (QED) is 0.395. The van der Waals surface area contributed by atoms with Crippen LogP contribution in [0, 0.1) is 6.92 Å². The third-order valence-electron chi connectivity index (χ3n) is 3.76. The molecule has 0 aromatic carbocycles. The summed E-state index contributed by atoms with van der Waals surface area (Å²) < 4.78 is 6.88. The Kier molecular flexibility index (Phi) is 6.83. The van der Waals surface area contributed by atoms with Gasteiger partial charge >= 0.3 is 0 Å². The predicted octanol–water partition coefficient (Wildman–Crippen LogP) is 2.87. The van der Waals surface area contributed by atoms with Crippen LogP contribution >= 0.6 is 23.1 Å². The number of carbonyl (C=O) groups is 2. The molecule has 0 spiro atoms. The minimum Gasteiger partial charge on any atom is -0.459 e.